The van der Waals surface area contributed by atoms with Crippen LogP contribution in [0.1, 0.15) is 23.2 Å². The Bertz CT molecular complexity index is 482. The van der Waals surface area contributed by atoms with Crippen molar-refractivity contribution in [2.45, 2.75) is 12.8 Å². The molecule has 1 aromatic rings. The van der Waals surface area contributed by atoms with Crippen molar-refractivity contribution in [3.05, 3.63) is 28.2 Å². The lowest BCUT2D eigenvalue weighted by atomic mass is 9.96. The number of hydrogen-bond acceptors (Lipinski definition) is 3. The van der Waals surface area contributed by atoms with Crippen molar-refractivity contribution in [1.82, 2.24) is 9.80 Å². The number of anilines is 1. The quantitative estimate of drug-likeness (QED) is 0.860. The molecule has 1 fully saturated rings. The first-order valence-electron chi connectivity index (χ1n) is 6.96. The third-order valence-corrected chi connectivity index (χ3v) is 4.49. The van der Waals surface area contributed by atoms with Crippen molar-refractivity contribution < 1.29 is 4.79 Å². The fraction of sp³-hybridized carbons (Fsp3) is 0.533. The Labute approximate surface area is 129 Å². The van der Waals surface area contributed by atoms with E-state index in [1.807, 2.05) is 17.0 Å². The standard InChI is InChI=1S/C15H22BrN3O/c1-18(2)10-11-5-7-19(8-6-11)15(20)12-3-4-13(16)14(17)9-12/h3-4,9,11H,5-8,10,17H2,1-2H3. The molecule has 2 rings (SSSR count). The highest BCUT2D eigenvalue weighted by molar-refractivity contribution is 9.10. The van der Waals surface area contributed by atoms with Crippen LogP contribution >= 0.6 is 15.9 Å². The number of nitrogen functional groups attached to an aromatic ring is 1. The number of carbonyl (C=O) groups excluding carboxylic acids is 1. The van der Waals surface area contributed by atoms with Gasteiger partial charge in [-0.05, 0) is 67.0 Å². The van der Waals surface area contributed by atoms with E-state index in [1.165, 1.54) is 0 Å². The number of likely N-dealkylation sites (tertiary alicyclic amines) is 1. The third-order valence-electron chi connectivity index (χ3n) is 3.77. The molecule has 1 heterocycles. The number of benzene rings is 1. The van der Waals surface area contributed by atoms with Crippen LogP contribution in [0, 0.1) is 5.92 Å². The minimum absolute atomic E-state index is 0.0903. The first kappa shape index (κ1) is 15.3. The van der Waals surface area contributed by atoms with E-state index in [0.29, 0.717) is 17.2 Å². The molecule has 1 aliphatic heterocycles. The molecule has 0 aliphatic carbocycles. The Balaban J connectivity index is 1.96. The third kappa shape index (κ3) is 3.73. The first-order chi connectivity index (χ1) is 9.47. The summed E-state index contributed by atoms with van der Waals surface area (Å²) in [4.78, 5) is 16.6. The summed E-state index contributed by atoms with van der Waals surface area (Å²) < 4.78 is 0.832. The zero-order chi connectivity index (χ0) is 14.7. The molecule has 0 bridgehead atoms. The smallest absolute Gasteiger partial charge is 0.253 e. The second kappa shape index (κ2) is 6.59. The SMILES string of the molecule is CN(C)CC1CCN(C(=O)c2ccc(Br)c(N)c2)CC1. The van der Waals surface area contributed by atoms with Gasteiger partial charge in [-0.15, -0.1) is 0 Å². The van der Waals surface area contributed by atoms with Crippen molar-refractivity contribution in [1.29, 1.82) is 0 Å². The summed E-state index contributed by atoms with van der Waals surface area (Å²) in [6, 6.07) is 5.41. The lowest BCUT2D eigenvalue weighted by Gasteiger charge is -2.33. The van der Waals surface area contributed by atoms with E-state index < -0.39 is 0 Å². The van der Waals surface area contributed by atoms with Crippen LogP contribution in [-0.4, -0.2) is 49.4 Å². The summed E-state index contributed by atoms with van der Waals surface area (Å²) in [5.74, 6) is 0.788. The molecule has 0 saturated carbocycles. The molecule has 20 heavy (non-hydrogen) atoms. The van der Waals surface area contributed by atoms with Crippen molar-refractivity contribution in [2.24, 2.45) is 5.92 Å². The van der Waals surface area contributed by atoms with Gasteiger partial charge in [0, 0.05) is 35.4 Å². The number of halogens is 1. The molecule has 1 saturated heterocycles. The summed E-state index contributed by atoms with van der Waals surface area (Å²) in [7, 11) is 4.20. The lowest BCUT2D eigenvalue weighted by Crippen LogP contribution is -2.40. The summed E-state index contributed by atoms with van der Waals surface area (Å²) in [5, 5.41) is 0. The molecule has 0 atom stereocenters. The lowest BCUT2D eigenvalue weighted by molar-refractivity contribution is 0.0678. The van der Waals surface area contributed by atoms with Gasteiger partial charge in [0.05, 0.1) is 0 Å². The fourth-order valence-electron chi connectivity index (χ4n) is 2.69. The van der Waals surface area contributed by atoms with E-state index in [2.05, 4.69) is 34.9 Å². The zero-order valence-corrected chi connectivity index (χ0v) is 13.7. The molecule has 110 valence electrons. The Morgan fingerprint density at radius 2 is 2.05 bits per heavy atom. The second-order valence-electron chi connectivity index (χ2n) is 5.73. The molecule has 0 spiro atoms. The molecule has 0 unspecified atom stereocenters. The van der Waals surface area contributed by atoms with E-state index in [9.17, 15) is 4.79 Å². The monoisotopic (exact) mass is 339 g/mol. The van der Waals surface area contributed by atoms with E-state index in [0.717, 1.165) is 36.9 Å². The molecule has 5 heteroatoms. The number of hydrogen-bond donors (Lipinski definition) is 1. The van der Waals surface area contributed by atoms with Crippen LogP contribution in [0.3, 0.4) is 0 Å². The highest BCUT2D eigenvalue weighted by atomic mass is 79.9. The van der Waals surface area contributed by atoms with Crippen LogP contribution in [0.4, 0.5) is 5.69 Å². The number of nitrogens with zero attached hydrogens (tertiary/aromatic N) is 2. The Kier molecular flexibility index (Phi) is 5.05. The number of carbonyl (C=O) groups is 1. The van der Waals surface area contributed by atoms with Gasteiger partial charge in [-0.25, -0.2) is 0 Å². The van der Waals surface area contributed by atoms with Gasteiger partial charge < -0.3 is 15.5 Å². The Morgan fingerprint density at radius 1 is 1.40 bits per heavy atom. The van der Waals surface area contributed by atoms with Gasteiger partial charge in [-0.1, -0.05) is 0 Å². The summed E-state index contributed by atoms with van der Waals surface area (Å²) >= 11 is 3.35. The predicted molar refractivity (Wildman–Crippen MR) is 85.7 cm³/mol. The van der Waals surface area contributed by atoms with Gasteiger partial charge in [0.1, 0.15) is 0 Å². The summed E-state index contributed by atoms with van der Waals surface area (Å²) in [6.45, 7) is 2.79. The Morgan fingerprint density at radius 3 is 2.60 bits per heavy atom. The maximum Gasteiger partial charge on any atom is 0.253 e. The molecule has 2 N–H and O–H groups in total. The highest BCUT2D eigenvalue weighted by Crippen LogP contribution is 2.23. The summed E-state index contributed by atoms with van der Waals surface area (Å²) in [5.41, 5.74) is 7.13. The van der Waals surface area contributed by atoms with Gasteiger partial charge in [0.15, 0.2) is 0 Å². The molecule has 1 aromatic carbocycles. The molecule has 0 radical (unpaired) electrons. The van der Waals surface area contributed by atoms with Gasteiger partial charge in [-0.3, -0.25) is 4.79 Å². The van der Waals surface area contributed by atoms with Crippen LogP contribution in [0.2, 0.25) is 0 Å². The molecule has 4 nitrogen and oxygen atoms in total. The van der Waals surface area contributed by atoms with Crippen molar-refractivity contribution in [3.63, 3.8) is 0 Å². The molecule has 0 aromatic heterocycles. The van der Waals surface area contributed by atoms with Crippen molar-refractivity contribution >= 4 is 27.5 Å². The maximum absolute atomic E-state index is 12.4. The van der Waals surface area contributed by atoms with Crippen LogP contribution in [0.5, 0.6) is 0 Å². The van der Waals surface area contributed by atoms with Gasteiger partial charge in [0.2, 0.25) is 0 Å². The number of nitrogens with two attached hydrogens (primary N) is 1. The van der Waals surface area contributed by atoms with Gasteiger partial charge in [-0.2, -0.15) is 0 Å². The minimum Gasteiger partial charge on any atom is -0.398 e. The fourth-order valence-corrected chi connectivity index (χ4v) is 2.94. The van der Waals surface area contributed by atoms with E-state index >= 15 is 0 Å². The molecule has 1 aliphatic rings. The topological polar surface area (TPSA) is 49.6 Å². The number of piperidine rings is 1. The minimum atomic E-state index is 0.0903. The highest BCUT2D eigenvalue weighted by Gasteiger charge is 2.24. The Hall–Kier alpha value is -1.07. The van der Waals surface area contributed by atoms with Crippen molar-refractivity contribution in [2.75, 3.05) is 39.5 Å². The van der Waals surface area contributed by atoms with Crippen LogP contribution in [-0.2, 0) is 0 Å². The van der Waals surface area contributed by atoms with Crippen LogP contribution in [0.25, 0.3) is 0 Å². The van der Waals surface area contributed by atoms with E-state index in [-0.39, 0.29) is 5.91 Å². The first-order valence-corrected chi connectivity index (χ1v) is 7.75. The van der Waals surface area contributed by atoms with Crippen LogP contribution < -0.4 is 5.73 Å². The van der Waals surface area contributed by atoms with Crippen molar-refractivity contribution in [3.8, 4) is 0 Å². The summed E-state index contributed by atoms with van der Waals surface area (Å²) in [6.07, 6.45) is 2.16. The average molecular weight is 340 g/mol. The van der Waals surface area contributed by atoms with E-state index in [4.69, 9.17) is 5.73 Å². The molecular weight excluding hydrogens is 318 g/mol. The van der Waals surface area contributed by atoms with Gasteiger partial charge in [0.25, 0.3) is 5.91 Å². The second-order valence-corrected chi connectivity index (χ2v) is 6.59. The largest absolute Gasteiger partial charge is 0.398 e. The number of rotatable bonds is 3. The zero-order valence-electron chi connectivity index (χ0n) is 12.1. The maximum atomic E-state index is 12.4. The van der Waals surface area contributed by atoms with Crippen LogP contribution in [0.15, 0.2) is 22.7 Å². The normalized spacial score (nSPS) is 16.7. The predicted octanol–water partition coefficient (Wildman–Crippen LogP) is 2.45. The molecular formula is C15H22BrN3O. The molecule has 1 amide bonds. The van der Waals surface area contributed by atoms with E-state index in [1.54, 1.807) is 6.07 Å². The average Bonchev–Trinajstić information content (AvgIpc) is 2.41. The number of amides is 1. The van der Waals surface area contributed by atoms with Gasteiger partial charge >= 0.3 is 0 Å².